The molecule has 1 aliphatic rings. The third-order valence-electron chi connectivity index (χ3n) is 4.20. The minimum atomic E-state index is -1.20. The van der Waals surface area contributed by atoms with Gasteiger partial charge in [-0.2, -0.15) is 0 Å². The number of hydrogen-bond donors (Lipinski definition) is 4. The highest BCUT2D eigenvalue weighted by atomic mass is 32.2. The fourth-order valence-electron chi connectivity index (χ4n) is 2.79. The Morgan fingerprint density at radius 1 is 1.28 bits per heavy atom. The molecule has 4 atom stereocenters. The third kappa shape index (κ3) is 3.58. The molecule has 10 heteroatoms. The van der Waals surface area contributed by atoms with Crippen molar-refractivity contribution in [3.8, 4) is 0 Å². The first kappa shape index (κ1) is 18.3. The minimum Gasteiger partial charge on any atom is -0.394 e. The summed E-state index contributed by atoms with van der Waals surface area (Å²) < 4.78 is 7.07. The van der Waals surface area contributed by atoms with Gasteiger partial charge < -0.3 is 25.8 Å². The first-order valence-corrected chi connectivity index (χ1v) is 9.30. The zero-order valence-corrected chi connectivity index (χ0v) is 14.8. The lowest BCUT2D eigenvalue weighted by Gasteiger charge is -2.16. The monoisotopic (exact) mass is 369 g/mol. The Morgan fingerprint density at radius 2 is 2.08 bits per heavy atom. The van der Waals surface area contributed by atoms with Gasteiger partial charge in [0.05, 0.1) is 12.9 Å². The molecule has 1 aliphatic heterocycles. The van der Waals surface area contributed by atoms with Crippen molar-refractivity contribution in [3.63, 3.8) is 0 Å². The smallest absolute Gasteiger partial charge is 0.191 e. The van der Waals surface area contributed by atoms with Gasteiger partial charge in [0.2, 0.25) is 0 Å². The lowest BCUT2D eigenvalue weighted by Crippen LogP contribution is -2.33. The van der Waals surface area contributed by atoms with Crippen LogP contribution in [0.3, 0.4) is 0 Å². The van der Waals surface area contributed by atoms with E-state index in [1.165, 1.54) is 22.7 Å². The van der Waals surface area contributed by atoms with Gasteiger partial charge in [-0.1, -0.05) is 31.5 Å². The van der Waals surface area contributed by atoms with E-state index in [1.54, 1.807) is 0 Å². The first-order valence-electron chi connectivity index (χ1n) is 8.32. The SMILES string of the molecule is CCCCCSc1nc(N)c2ncn(C3OC(CO)C(O)C3O)c2n1. The molecule has 1 fully saturated rings. The number of aliphatic hydroxyl groups excluding tert-OH is 3. The summed E-state index contributed by atoms with van der Waals surface area (Å²) in [5.41, 5.74) is 6.83. The van der Waals surface area contributed by atoms with Crippen LogP contribution >= 0.6 is 11.8 Å². The van der Waals surface area contributed by atoms with Crippen LogP contribution in [0.15, 0.2) is 11.5 Å². The number of hydrogen-bond acceptors (Lipinski definition) is 9. The summed E-state index contributed by atoms with van der Waals surface area (Å²) in [4.78, 5) is 12.9. The Bertz CT molecular complexity index is 727. The van der Waals surface area contributed by atoms with Crippen molar-refractivity contribution in [3.05, 3.63) is 6.33 Å². The van der Waals surface area contributed by atoms with E-state index in [9.17, 15) is 15.3 Å². The Morgan fingerprint density at radius 3 is 2.76 bits per heavy atom. The Labute approximate surface area is 149 Å². The van der Waals surface area contributed by atoms with Crippen LogP contribution in [0.5, 0.6) is 0 Å². The van der Waals surface area contributed by atoms with Gasteiger partial charge in [0, 0.05) is 5.75 Å². The van der Waals surface area contributed by atoms with Crippen LogP contribution in [-0.2, 0) is 4.74 Å². The van der Waals surface area contributed by atoms with E-state index < -0.39 is 31.1 Å². The second-order valence-corrected chi connectivity index (χ2v) is 7.06. The molecule has 0 spiro atoms. The topological polar surface area (TPSA) is 140 Å². The predicted molar refractivity (Wildman–Crippen MR) is 93.0 cm³/mol. The number of nitrogens with zero attached hydrogens (tertiary/aromatic N) is 4. The van der Waals surface area contributed by atoms with Crippen LogP contribution in [-0.4, -0.2) is 65.5 Å². The number of ether oxygens (including phenoxy) is 1. The Balaban J connectivity index is 1.88. The number of nitrogens with two attached hydrogens (primary N) is 1. The van der Waals surface area contributed by atoms with Crippen molar-refractivity contribution in [2.45, 2.75) is 55.9 Å². The van der Waals surface area contributed by atoms with Crippen LogP contribution in [0.1, 0.15) is 32.4 Å². The first-order chi connectivity index (χ1) is 12.1. The molecule has 0 aromatic carbocycles. The lowest BCUT2D eigenvalue weighted by atomic mass is 10.1. The van der Waals surface area contributed by atoms with Gasteiger partial charge in [-0.15, -0.1) is 0 Å². The van der Waals surface area contributed by atoms with Crippen molar-refractivity contribution < 1.29 is 20.1 Å². The molecular formula is C15H23N5O4S. The average molecular weight is 369 g/mol. The molecular weight excluding hydrogens is 346 g/mol. The third-order valence-corrected chi connectivity index (χ3v) is 5.13. The Kier molecular flexibility index (Phi) is 5.74. The van der Waals surface area contributed by atoms with Crippen LogP contribution in [0, 0.1) is 0 Å². The number of aromatic nitrogens is 4. The molecule has 25 heavy (non-hydrogen) atoms. The number of nitrogen functional groups attached to an aromatic ring is 1. The summed E-state index contributed by atoms with van der Waals surface area (Å²) in [6.45, 7) is 1.75. The molecule has 0 aliphatic carbocycles. The number of unbranched alkanes of at least 4 members (excludes halogenated alkanes) is 2. The van der Waals surface area contributed by atoms with Crippen LogP contribution in [0.4, 0.5) is 5.82 Å². The maximum atomic E-state index is 10.2. The van der Waals surface area contributed by atoms with Gasteiger partial charge in [-0.25, -0.2) is 15.0 Å². The van der Waals surface area contributed by atoms with Crippen LogP contribution in [0.25, 0.3) is 11.2 Å². The second-order valence-electron chi connectivity index (χ2n) is 6.00. The quantitative estimate of drug-likeness (QED) is 0.308. The number of fused-ring (bicyclic) bond motifs is 1. The molecule has 3 rings (SSSR count). The summed E-state index contributed by atoms with van der Waals surface area (Å²) in [5, 5.41) is 29.9. The minimum absolute atomic E-state index is 0.258. The van der Waals surface area contributed by atoms with Crippen LogP contribution in [0.2, 0.25) is 0 Å². The molecule has 9 nitrogen and oxygen atoms in total. The van der Waals surface area contributed by atoms with Gasteiger partial charge in [0.1, 0.15) is 23.8 Å². The molecule has 0 bridgehead atoms. The van der Waals surface area contributed by atoms with E-state index in [-0.39, 0.29) is 5.82 Å². The number of imidazole rings is 1. The maximum Gasteiger partial charge on any atom is 0.191 e. The van der Waals surface area contributed by atoms with E-state index in [0.717, 1.165) is 25.0 Å². The molecule has 2 aromatic heterocycles. The largest absolute Gasteiger partial charge is 0.394 e. The highest BCUT2D eigenvalue weighted by molar-refractivity contribution is 7.99. The van der Waals surface area contributed by atoms with Gasteiger partial charge in [-0.3, -0.25) is 4.57 Å². The zero-order chi connectivity index (χ0) is 18.0. The number of thioether (sulfide) groups is 1. The molecule has 0 amide bonds. The Hall–Kier alpha value is -1.46. The molecule has 3 heterocycles. The van der Waals surface area contributed by atoms with E-state index in [2.05, 4.69) is 21.9 Å². The van der Waals surface area contributed by atoms with Gasteiger partial charge >= 0.3 is 0 Å². The van der Waals surface area contributed by atoms with Crippen molar-refractivity contribution in [2.75, 3.05) is 18.1 Å². The van der Waals surface area contributed by atoms with Gasteiger partial charge in [0.25, 0.3) is 0 Å². The summed E-state index contributed by atoms with van der Waals surface area (Å²) in [7, 11) is 0. The van der Waals surface area contributed by atoms with E-state index >= 15 is 0 Å². The van der Waals surface area contributed by atoms with E-state index in [0.29, 0.717) is 16.3 Å². The highest BCUT2D eigenvalue weighted by Crippen LogP contribution is 2.32. The fraction of sp³-hybridized carbons (Fsp3) is 0.667. The zero-order valence-electron chi connectivity index (χ0n) is 13.9. The molecule has 138 valence electrons. The molecule has 0 radical (unpaired) electrons. The predicted octanol–water partition coefficient (Wildman–Crippen LogP) is 0.302. The van der Waals surface area contributed by atoms with Crippen LogP contribution < -0.4 is 5.73 Å². The van der Waals surface area contributed by atoms with Gasteiger partial charge in [-0.05, 0) is 6.42 Å². The second kappa shape index (κ2) is 7.83. The fourth-order valence-corrected chi connectivity index (χ4v) is 3.64. The van der Waals surface area contributed by atoms with Crippen molar-refractivity contribution in [1.82, 2.24) is 19.5 Å². The van der Waals surface area contributed by atoms with E-state index in [4.69, 9.17) is 10.5 Å². The van der Waals surface area contributed by atoms with Crippen molar-refractivity contribution in [1.29, 1.82) is 0 Å². The standard InChI is InChI=1S/C15H23N5O4S/c1-2-3-4-5-25-15-18-12(16)9-13(19-15)20(7-17-9)14-11(23)10(22)8(6-21)24-14/h7-8,10-11,14,21-23H,2-6H2,1H3,(H2,16,18,19). The highest BCUT2D eigenvalue weighted by Gasteiger charge is 2.44. The summed E-state index contributed by atoms with van der Waals surface area (Å²) in [6, 6.07) is 0. The van der Waals surface area contributed by atoms with Crippen molar-refractivity contribution >= 4 is 28.7 Å². The summed E-state index contributed by atoms with van der Waals surface area (Å²) in [6.07, 6.45) is 0.647. The molecule has 2 aromatic rings. The normalized spacial score (nSPS) is 26.6. The van der Waals surface area contributed by atoms with Gasteiger partial charge in [0.15, 0.2) is 22.8 Å². The number of anilines is 1. The molecule has 0 saturated carbocycles. The maximum absolute atomic E-state index is 10.2. The van der Waals surface area contributed by atoms with Crippen molar-refractivity contribution in [2.24, 2.45) is 0 Å². The summed E-state index contributed by atoms with van der Waals surface area (Å²) >= 11 is 1.51. The van der Waals surface area contributed by atoms with E-state index in [1.807, 2.05) is 0 Å². The number of rotatable bonds is 7. The number of aliphatic hydroxyl groups is 3. The molecule has 1 saturated heterocycles. The average Bonchev–Trinajstić information content (AvgIpc) is 3.14. The molecule has 4 unspecified atom stereocenters. The molecule has 5 N–H and O–H groups in total. The lowest BCUT2D eigenvalue weighted by molar-refractivity contribution is -0.0511. The summed E-state index contributed by atoms with van der Waals surface area (Å²) in [5.74, 6) is 1.15.